The molecule has 114 valence electrons. The van der Waals surface area contributed by atoms with Gasteiger partial charge in [0.2, 0.25) is 5.91 Å². The van der Waals surface area contributed by atoms with Gasteiger partial charge in [0, 0.05) is 17.1 Å². The number of amides is 1. The van der Waals surface area contributed by atoms with Gasteiger partial charge in [-0.15, -0.1) is 0 Å². The van der Waals surface area contributed by atoms with Crippen LogP contribution in [-0.2, 0) is 11.2 Å². The number of carbonyl (C=O) groups excluding carboxylic acids is 1. The summed E-state index contributed by atoms with van der Waals surface area (Å²) in [6, 6.07) is 14.1. The maximum absolute atomic E-state index is 12.3. The fourth-order valence-corrected chi connectivity index (χ4v) is 3.68. The molecule has 0 bridgehead atoms. The van der Waals surface area contributed by atoms with Crippen LogP contribution in [0.25, 0.3) is 21.1 Å². The first-order chi connectivity index (χ1) is 11.2. The summed E-state index contributed by atoms with van der Waals surface area (Å²) < 4.78 is 1.09. The van der Waals surface area contributed by atoms with Crippen LogP contribution in [0.15, 0.2) is 48.7 Å². The van der Waals surface area contributed by atoms with E-state index in [-0.39, 0.29) is 5.91 Å². The molecule has 5 heteroatoms. The number of anilines is 1. The van der Waals surface area contributed by atoms with E-state index in [0.29, 0.717) is 11.6 Å². The number of fused-ring (bicyclic) bond motifs is 2. The third kappa shape index (κ3) is 2.71. The van der Waals surface area contributed by atoms with Gasteiger partial charge in [0.25, 0.3) is 0 Å². The summed E-state index contributed by atoms with van der Waals surface area (Å²) in [5.41, 5.74) is 4.15. The van der Waals surface area contributed by atoms with Crippen molar-refractivity contribution in [2.45, 2.75) is 13.3 Å². The van der Waals surface area contributed by atoms with E-state index in [2.05, 4.69) is 28.3 Å². The first-order valence-corrected chi connectivity index (χ1v) is 8.23. The highest BCUT2D eigenvalue weighted by molar-refractivity contribution is 7.22. The average molecular weight is 321 g/mol. The maximum Gasteiger partial charge on any atom is 0.230 e. The summed E-state index contributed by atoms with van der Waals surface area (Å²) in [6.07, 6.45) is 2.23. The van der Waals surface area contributed by atoms with Crippen molar-refractivity contribution < 1.29 is 4.79 Å². The second-order valence-corrected chi connectivity index (χ2v) is 6.61. The van der Waals surface area contributed by atoms with Crippen LogP contribution in [0.4, 0.5) is 5.13 Å². The topological polar surface area (TPSA) is 57.8 Å². The zero-order chi connectivity index (χ0) is 15.8. The molecule has 2 N–H and O–H groups in total. The second kappa shape index (κ2) is 5.52. The molecule has 4 aromatic rings. The highest BCUT2D eigenvalue weighted by Gasteiger charge is 2.11. The van der Waals surface area contributed by atoms with E-state index in [0.717, 1.165) is 26.7 Å². The molecule has 0 fully saturated rings. The minimum atomic E-state index is -0.0504. The van der Waals surface area contributed by atoms with Gasteiger partial charge in [-0.25, -0.2) is 4.98 Å². The molecule has 0 aliphatic carbocycles. The lowest BCUT2D eigenvalue weighted by Gasteiger charge is -2.00. The number of nitrogens with zero attached hydrogens (tertiary/aromatic N) is 1. The summed E-state index contributed by atoms with van der Waals surface area (Å²) in [5, 5.41) is 4.64. The number of aromatic amines is 1. The fourth-order valence-electron chi connectivity index (χ4n) is 2.70. The van der Waals surface area contributed by atoms with Gasteiger partial charge in [-0.2, -0.15) is 0 Å². The van der Waals surface area contributed by atoms with Crippen molar-refractivity contribution in [1.82, 2.24) is 9.97 Å². The maximum atomic E-state index is 12.3. The van der Waals surface area contributed by atoms with E-state index in [1.54, 1.807) is 0 Å². The van der Waals surface area contributed by atoms with E-state index in [1.807, 2.05) is 42.6 Å². The molecule has 2 aromatic carbocycles. The Bertz CT molecular complexity index is 1020. The molecule has 2 aromatic heterocycles. The molecule has 0 spiro atoms. The van der Waals surface area contributed by atoms with Crippen molar-refractivity contribution >= 4 is 43.5 Å². The molecule has 0 saturated heterocycles. The first-order valence-electron chi connectivity index (χ1n) is 7.41. The fraction of sp³-hybridized carbons (Fsp3) is 0.111. The lowest BCUT2D eigenvalue weighted by molar-refractivity contribution is -0.115. The number of benzene rings is 2. The number of thiazole rings is 1. The van der Waals surface area contributed by atoms with Crippen LogP contribution in [0.2, 0.25) is 0 Å². The van der Waals surface area contributed by atoms with Gasteiger partial charge in [0.1, 0.15) is 0 Å². The molecule has 4 nitrogen and oxygen atoms in total. The van der Waals surface area contributed by atoms with Crippen LogP contribution in [0.1, 0.15) is 11.1 Å². The highest BCUT2D eigenvalue weighted by Crippen LogP contribution is 2.27. The molecule has 0 radical (unpaired) electrons. The number of hydrogen-bond donors (Lipinski definition) is 2. The van der Waals surface area contributed by atoms with Crippen molar-refractivity contribution in [1.29, 1.82) is 0 Å². The van der Waals surface area contributed by atoms with Crippen molar-refractivity contribution in [2.24, 2.45) is 0 Å². The second-order valence-electron chi connectivity index (χ2n) is 5.57. The van der Waals surface area contributed by atoms with Crippen molar-refractivity contribution in [2.75, 3.05) is 5.32 Å². The number of aryl methyl sites for hydroxylation is 1. The lowest BCUT2D eigenvalue weighted by Crippen LogP contribution is -2.13. The Hall–Kier alpha value is -2.66. The van der Waals surface area contributed by atoms with E-state index in [9.17, 15) is 4.79 Å². The zero-order valence-electron chi connectivity index (χ0n) is 12.6. The highest BCUT2D eigenvalue weighted by atomic mass is 32.1. The summed E-state index contributed by atoms with van der Waals surface area (Å²) >= 11 is 1.51. The van der Waals surface area contributed by atoms with E-state index in [1.165, 1.54) is 16.9 Å². The summed E-state index contributed by atoms with van der Waals surface area (Å²) in [7, 11) is 0. The Morgan fingerprint density at radius 1 is 1.26 bits per heavy atom. The van der Waals surface area contributed by atoms with Gasteiger partial charge in [-0.3, -0.25) is 4.79 Å². The molecule has 4 rings (SSSR count). The van der Waals surface area contributed by atoms with Crippen LogP contribution in [0, 0.1) is 6.92 Å². The number of para-hydroxylation sites is 1. The number of carbonyl (C=O) groups is 1. The molecule has 0 aliphatic rings. The minimum Gasteiger partial charge on any atom is -0.361 e. The molecule has 0 aliphatic heterocycles. The quantitative estimate of drug-likeness (QED) is 0.592. The number of rotatable bonds is 3. The molecule has 0 unspecified atom stereocenters. The molecule has 23 heavy (non-hydrogen) atoms. The molecule has 0 saturated carbocycles. The number of aromatic nitrogens is 2. The minimum absolute atomic E-state index is 0.0504. The van der Waals surface area contributed by atoms with Crippen LogP contribution in [0.5, 0.6) is 0 Å². The zero-order valence-corrected chi connectivity index (χ0v) is 13.4. The van der Waals surface area contributed by atoms with Gasteiger partial charge < -0.3 is 10.3 Å². The monoisotopic (exact) mass is 321 g/mol. The standard InChI is InChI=1S/C18H15N3OS/c1-11-6-7-15-16(8-11)23-18(20-15)21-17(22)9-12-10-19-14-5-3-2-4-13(12)14/h2-8,10,19H,9H2,1H3,(H,20,21,22). The molecule has 1 amide bonds. The van der Waals surface area contributed by atoms with Gasteiger partial charge in [0.15, 0.2) is 5.13 Å². The van der Waals surface area contributed by atoms with Crippen molar-refractivity contribution in [3.05, 3.63) is 59.8 Å². The number of H-pyrrole nitrogens is 1. The summed E-state index contributed by atoms with van der Waals surface area (Å²) in [6.45, 7) is 2.05. The predicted octanol–water partition coefficient (Wildman–Crippen LogP) is 4.27. The van der Waals surface area contributed by atoms with E-state index >= 15 is 0 Å². The summed E-state index contributed by atoms with van der Waals surface area (Å²) in [4.78, 5) is 20.0. The molecular formula is C18H15N3OS. The van der Waals surface area contributed by atoms with E-state index in [4.69, 9.17) is 0 Å². The number of hydrogen-bond acceptors (Lipinski definition) is 3. The van der Waals surface area contributed by atoms with Crippen LogP contribution >= 0.6 is 11.3 Å². The van der Waals surface area contributed by atoms with Gasteiger partial charge in [-0.05, 0) is 36.2 Å². The Balaban J connectivity index is 1.54. The van der Waals surface area contributed by atoms with Gasteiger partial charge in [0.05, 0.1) is 16.6 Å². The van der Waals surface area contributed by atoms with E-state index < -0.39 is 0 Å². The number of nitrogens with one attached hydrogen (secondary N) is 2. The smallest absolute Gasteiger partial charge is 0.230 e. The molecular weight excluding hydrogens is 306 g/mol. The Labute approximate surface area is 137 Å². The normalized spacial score (nSPS) is 11.2. The third-order valence-corrected chi connectivity index (χ3v) is 4.75. The Kier molecular flexibility index (Phi) is 3.35. The largest absolute Gasteiger partial charge is 0.361 e. The average Bonchev–Trinajstić information content (AvgIpc) is 3.11. The SMILES string of the molecule is Cc1ccc2nc(NC(=O)Cc3c[nH]c4ccccc34)sc2c1. The molecule has 2 heterocycles. The lowest BCUT2D eigenvalue weighted by atomic mass is 10.1. The third-order valence-electron chi connectivity index (χ3n) is 3.82. The van der Waals surface area contributed by atoms with Crippen molar-refractivity contribution in [3.8, 4) is 0 Å². The van der Waals surface area contributed by atoms with Crippen LogP contribution in [-0.4, -0.2) is 15.9 Å². The van der Waals surface area contributed by atoms with Gasteiger partial charge >= 0.3 is 0 Å². The Morgan fingerprint density at radius 3 is 3.04 bits per heavy atom. The first kappa shape index (κ1) is 14.0. The predicted molar refractivity (Wildman–Crippen MR) is 95.0 cm³/mol. The summed E-state index contributed by atoms with van der Waals surface area (Å²) in [5.74, 6) is -0.0504. The van der Waals surface area contributed by atoms with Crippen LogP contribution in [0.3, 0.4) is 0 Å². The molecule has 0 atom stereocenters. The Morgan fingerprint density at radius 2 is 2.13 bits per heavy atom. The van der Waals surface area contributed by atoms with Crippen LogP contribution < -0.4 is 5.32 Å². The van der Waals surface area contributed by atoms with Gasteiger partial charge in [-0.1, -0.05) is 35.6 Å². The van der Waals surface area contributed by atoms with Crippen molar-refractivity contribution in [3.63, 3.8) is 0 Å².